The van der Waals surface area contributed by atoms with Crippen molar-refractivity contribution in [1.29, 1.82) is 0 Å². The molecule has 0 aliphatic heterocycles. The van der Waals surface area contributed by atoms with Crippen LogP contribution in [-0.2, 0) is 13.2 Å². The number of aromatic nitrogens is 2. The molecule has 0 aliphatic carbocycles. The van der Waals surface area contributed by atoms with Crippen LogP contribution in [-0.4, -0.2) is 20.9 Å². The highest BCUT2D eigenvalue weighted by Gasteiger charge is 2.15. The summed E-state index contributed by atoms with van der Waals surface area (Å²) in [6, 6.07) is 4.96. The molecule has 0 saturated carbocycles. The van der Waals surface area contributed by atoms with E-state index < -0.39 is 5.97 Å². The fourth-order valence-electron chi connectivity index (χ4n) is 2.16. The summed E-state index contributed by atoms with van der Waals surface area (Å²) in [4.78, 5) is 11.1. The van der Waals surface area contributed by atoms with Crippen LogP contribution in [0.25, 0.3) is 0 Å². The molecule has 21 heavy (non-hydrogen) atoms. The summed E-state index contributed by atoms with van der Waals surface area (Å²) in [6.07, 6.45) is 0. The summed E-state index contributed by atoms with van der Waals surface area (Å²) in [7, 11) is 0. The number of hydrogen-bond donors (Lipinski definition) is 1. The van der Waals surface area contributed by atoms with Gasteiger partial charge in [0.15, 0.2) is 0 Å². The van der Waals surface area contributed by atoms with Gasteiger partial charge in [-0.25, -0.2) is 4.79 Å². The predicted octanol–water partition coefficient (Wildman–Crippen LogP) is 3.45. The van der Waals surface area contributed by atoms with Crippen LogP contribution in [0.5, 0.6) is 5.75 Å². The van der Waals surface area contributed by atoms with E-state index in [4.69, 9.17) is 21.4 Å². The van der Waals surface area contributed by atoms with E-state index in [1.54, 1.807) is 29.8 Å². The largest absolute Gasteiger partial charge is 0.487 e. The van der Waals surface area contributed by atoms with Crippen molar-refractivity contribution in [3.63, 3.8) is 0 Å². The molecule has 1 N–H and O–H groups in total. The number of nitrogens with zero attached hydrogens (tertiary/aromatic N) is 2. The molecule has 0 bridgehead atoms. The molecule has 1 aromatic heterocycles. The first-order valence-corrected chi connectivity index (χ1v) is 7.01. The number of rotatable bonds is 5. The maximum Gasteiger partial charge on any atom is 0.336 e. The minimum atomic E-state index is -0.967. The maximum atomic E-state index is 11.1. The number of halogens is 1. The van der Waals surface area contributed by atoms with Crippen LogP contribution in [0.1, 0.15) is 34.2 Å². The molecular formula is C15H17ClN2O3. The summed E-state index contributed by atoms with van der Waals surface area (Å²) in [6.45, 7) is 6.48. The maximum absolute atomic E-state index is 11.1. The van der Waals surface area contributed by atoms with Gasteiger partial charge in [-0.05, 0) is 32.9 Å². The molecule has 112 valence electrons. The Bertz CT molecular complexity index is 680. The first-order chi connectivity index (χ1) is 9.95. The van der Waals surface area contributed by atoms with Gasteiger partial charge in [0.05, 0.1) is 22.0 Å². The molecule has 5 nitrogen and oxygen atoms in total. The number of ether oxygens (including phenoxy) is 1. The molecule has 0 aliphatic rings. The van der Waals surface area contributed by atoms with Crippen molar-refractivity contribution in [3.05, 3.63) is 45.7 Å². The smallest absolute Gasteiger partial charge is 0.336 e. The van der Waals surface area contributed by atoms with Crippen molar-refractivity contribution in [2.45, 2.75) is 33.9 Å². The second kappa shape index (κ2) is 6.18. The van der Waals surface area contributed by atoms with Crippen LogP contribution < -0.4 is 4.74 Å². The normalized spacial score (nSPS) is 10.7. The fraction of sp³-hybridized carbons (Fsp3) is 0.333. The van der Waals surface area contributed by atoms with Crippen LogP contribution in [0.4, 0.5) is 0 Å². The van der Waals surface area contributed by atoms with E-state index in [2.05, 4.69) is 5.10 Å². The number of benzene rings is 1. The highest BCUT2D eigenvalue weighted by atomic mass is 35.5. The van der Waals surface area contributed by atoms with E-state index in [0.717, 1.165) is 11.4 Å². The molecule has 1 aromatic carbocycles. The lowest BCUT2D eigenvalue weighted by molar-refractivity contribution is 0.0695. The average molecular weight is 309 g/mol. The SMILES string of the molecule is CCn1nc(C)c(Cl)c1COc1cccc(C(=O)O)c1C. The summed E-state index contributed by atoms with van der Waals surface area (Å²) in [5, 5.41) is 14.0. The molecule has 0 radical (unpaired) electrons. The van der Waals surface area contributed by atoms with Gasteiger partial charge in [0, 0.05) is 12.1 Å². The second-order valence-corrected chi connectivity index (χ2v) is 5.06. The highest BCUT2D eigenvalue weighted by molar-refractivity contribution is 6.31. The number of aromatic carboxylic acids is 1. The van der Waals surface area contributed by atoms with E-state index >= 15 is 0 Å². The van der Waals surface area contributed by atoms with Gasteiger partial charge in [-0.2, -0.15) is 5.10 Å². The summed E-state index contributed by atoms with van der Waals surface area (Å²) < 4.78 is 7.53. The molecule has 0 fully saturated rings. The van der Waals surface area contributed by atoms with Gasteiger partial charge in [0.2, 0.25) is 0 Å². The minimum absolute atomic E-state index is 0.235. The fourth-order valence-corrected chi connectivity index (χ4v) is 2.35. The predicted molar refractivity (Wildman–Crippen MR) is 80.1 cm³/mol. The monoisotopic (exact) mass is 308 g/mol. The van der Waals surface area contributed by atoms with Crippen LogP contribution >= 0.6 is 11.6 Å². The molecule has 2 aromatic rings. The van der Waals surface area contributed by atoms with Gasteiger partial charge in [0.25, 0.3) is 0 Å². The molecule has 0 spiro atoms. The molecule has 0 saturated heterocycles. The van der Waals surface area contributed by atoms with Gasteiger partial charge in [-0.1, -0.05) is 17.7 Å². The van der Waals surface area contributed by atoms with E-state index in [1.807, 2.05) is 13.8 Å². The first kappa shape index (κ1) is 15.4. The molecular weight excluding hydrogens is 292 g/mol. The Labute approximate surface area is 128 Å². The van der Waals surface area contributed by atoms with Crippen LogP contribution in [0.2, 0.25) is 5.02 Å². The average Bonchev–Trinajstić information content (AvgIpc) is 2.73. The zero-order valence-corrected chi connectivity index (χ0v) is 12.9. The Morgan fingerprint density at radius 2 is 2.14 bits per heavy atom. The quantitative estimate of drug-likeness (QED) is 0.919. The molecule has 0 unspecified atom stereocenters. The van der Waals surface area contributed by atoms with Gasteiger partial charge in [0.1, 0.15) is 12.4 Å². The third-order valence-electron chi connectivity index (χ3n) is 3.33. The summed E-state index contributed by atoms with van der Waals surface area (Å²) in [5.41, 5.74) is 2.38. The molecule has 6 heteroatoms. The lowest BCUT2D eigenvalue weighted by Gasteiger charge is -2.12. The first-order valence-electron chi connectivity index (χ1n) is 6.63. The third-order valence-corrected chi connectivity index (χ3v) is 3.82. The number of carboxylic acid groups (broad SMARTS) is 1. The number of carbonyl (C=O) groups is 1. The van der Waals surface area contributed by atoms with Gasteiger partial charge < -0.3 is 9.84 Å². The highest BCUT2D eigenvalue weighted by Crippen LogP contribution is 2.25. The van der Waals surface area contributed by atoms with E-state index in [-0.39, 0.29) is 12.2 Å². The van der Waals surface area contributed by atoms with E-state index in [0.29, 0.717) is 22.9 Å². The Kier molecular flexibility index (Phi) is 4.53. The molecule has 0 amide bonds. The Hall–Kier alpha value is -2.01. The lowest BCUT2D eigenvalue weighted by Crippen LogP contribution is -2.08. The topological polar surface area (TPSA) is 64.4 Å². The zero-order chi connectivity index (χ0) is 15.6. The van der Waals surface area contributed by atoms with Crippen molar-refractivity contribution in [2.24, 2.45) is 0 Å². The Morgan fingerprint density at radius 1 is 1.43 bits per heavy atom. The Balaban J connectivity index is 2.25. The second-order valence-electron chi connectivity index (χ2n) is 4.68. The van der Waals surface area contributed by atoms with Crippen molar-refractivity contribution >= 4 is 17.6 Å². The van der Waals surface area contributed by atoms with Crippen molar-refractivity contribution in [1.82, 2.24) is 9.78 Å². The number of carboxylic acids is 1. The number of hydrogen-bond acceptors (Lipinski definition) is 3. The van der Waals surface area contributed by atoms with Gasteiger partial charge in [-0.15, -0.1) is 0 Å². The lowest BCUT2D eigenvalue weighted by atomic mass is 10.1. The molecule has 1 heterocycles. The van der Waals surface area contributed by atoms with Crippen LogP contribution in [0.15, 0.2) is 18.2 Å². The third kappa shape index (κ3) is 3.03. The van der Waals surface area contributed by atoms with Gasteiger partial charge >= 0.3 is 5.97 Å². The van der Waals surface area contributed by atoms with Crippen molar-refractivity contribution < 1.29 is 14.6 Å². The zero-order valence-electron chi connectivity index (χ0n) is 12.2. The van der Waals surface area contributed by atoms with Crippen molar-refractivity contribution in [3.8, 4) is 5.75 Å². The van der Waals surface area contributed by atoms with Crippen LogP contribution in [0.3, 0.4) is 0 Å². The summed E-state index contributed by atoms with van der Waals surface area (Å²) >= 11 is 6.22. The number of aryl methyl sites for hydroxylation is 2. The Morgan fingerprint density at radius 3 is 2.76 bits per heavy atom. The van der Waals surface area contributed by atoms with Crippen LogP contribution in [0, 0.1) is 13.8 Å². The van der Waals surface area contributed by atoms with Gasteiger partial charge in [-0.3, -0.25) is 4.68 Å². The van der Waals surface area contributed by atoms with Crippen molar-refractivity contribution in [2.75, 3.05) is 0 Å². The minimum Gasteiger partial charge on any atom is -0.487 e. The summed E-state index contributed by atoms with van der Waals surface area (Å²) in [5.74, 6) is -0.433. The van der Waals surface area contributed by atoms with E-state index in [1.165, 1.54) is 0 Å². The van der Waals surface area contributed by atoms with E-state index in [9.17, 15) is 4.79 Å². The molecule has 0 atom stereocenters. The molecule has 2 rings (SSSR count). The standard InChI is InChI=1S/C15H17ClN2O3/c1-4-18-12(14(16)10(3)17-18)8-21-13-7-5-6-11(9(13)2)15(19)20/h5-7H,4,8H2,1-3H3,(H,19,20).